The van der Waals surface area contributed by atoms with Crippen molar-refractivity contribution in [2.24, 2.45) is 5.92 Å². The van der Waals surface area contributed by atoms with Gasteiger partial charge >= 0.3 is 0 Å². The number of para-hydroxylation sites is 1. The average molecular weight is 288 g/mol. The quantitative estimate of drug-likeness (QED) is 0.910. The summed E-state index contributed by atoms with van der Waals surface area (Å²) in [5.74, 6) is 0.0368. The monoisotopic (exact) mass is 288 g/mol. The van der Waals surface area contributed by atoms with Gasteiger partial charge in [0.2, 0.25) is 11.8 Å². The Morgan fingerprint density at radius 3 is 2.76 bits per heavy atom. The van der Waals surface area contributed by atoms with E-state index >= 15 is 0 Å². The number of phenolic OH excluding ortho intramolecular Hbond substituents is 1. The lowest BCUT2D eigenvalue weighted by Crippen LogP contribution is -2.34. The number of benzene rings is 1. The molecule has 1 aromatic carbocycles. The van der Waals surface area contributed by atoms with Crippen molar-refractivity contribution >= 4 is 11.8 Å². The first-order valence-electron chi connectivity index (χ1n) is 7.37. The summed E-state index contributed by atoms with van der Waals surface area (Å²) in [5.41, 5.74) is 0.719. The Balaban J connectivity index is 1.62. The summed E-state index contributed by atoms with van der Waals surface area (Å²) in [7, 11) is 1.72. The fraction of sp³-hybridized carbons (Fsp3) is 0.500. The van der Waals surface area contributed by atoms with E-state index < -0.39 is 0 Å². The van der Waals surface area contributed by atoms with Crippen molar-refractivity contribution in [3.05, 3.63) is 29.8 Å². The van der Waals surface area contributed by atoms with Crippen LogP contribution in [0.2, 0.25) is 0 Å². The molecule has 0 bridgehead atoms. The Labute approximate surface area is 124 Å². The number of likely N-dealkylation sites (tertiary alicyclic amines) is 1. The van der Waals surface area contributed by atoms with Gasteiger partial charge in [-0.2, -0.15) is 0 Å². The first-order valence-corrected chi connectivity index (χ1v) is 7.37. The van der Waals surface area contributed by atoms with E-state index in [1.54, 1.807) is 30.1 Å². The van der Waals surface area contributed by atoms with E-state index in [1.165, 1.54) is 0 Å². The molecule has 1 unspecified atom stereocenters. The van der Waals surface area contributed by atoms with E-state index in [0.717, 1.165) is 18.4 Å². The Bertz CT molecular complexity index is 568. The third kappa shape index (κ3) is 2.86. The molecule has 5 nitrogen and oxygen atoms in total. The third-order valence-electron chi connectivity index (χ3n) is 4.27. The third-order valence-corrected chi connectivity index (χ3v) is 4.27. The molecule has 1 aliphatic carbocycles. The van der Waals surface area contributed by atoms with Crippen LogP contribution in [-0.4, -0.2) is 46.4 Å². The Morgan fingerprint density at radius 1 is 1.38 bits per heavy atom. The first-order chi connectivity index (χ1) is 10.1. The number of aromatic hydroxyl groups is 1. The largest absolute Gasteiger partial charge is 0.508 e. The van der Waals surface area contributed by atoms with Gasteiger partial charge in [0.1, 0.15) is 5.75 Å². The number of phenols is 1. The summed E-state index contributed by atoms with van der Waals surface area (Å²) < 4.78 is 0. The van der Waals surface area contributed by atoms with Crippen LogP contribution in [0.4, 0.5) is 0 Å². The molecule has 21 heavy (non-hydrogen) atoms. The average Bonchev–Trinajstić information content (AvgIpc) is 3.23. The Morgan fingerprint density at radius 2 is 2.10 bits per heavy atom. The summed E-state index contributed by atoms with van der Waals surface area (Å²) in [6.45, 7) is 0.910. The minimum absolute atomic E-state index is 0.0187. The van der Waals surface area contributed by atoms with Gasteiger partial charge in [0, 0.05) is 38.2 Å². The van der Waals surface area contributed by atoms with E-state index in [9.17, 15) is 14.7 Å². The predicted molar refractivity (Wildman–Crippen MR) is 77.4 cm³/mol. The topological polar surface area (TPSA) is 60.9 Å². The predicted octanol–water partition coefficient (Wildman–Crippen LogP) is 1.36. The van der Waals surface area contributed by atoms with E-state index in [4.69, 9.17) is 0 Å². The highest BCUT2D eigenvalue weighted by molar-refractivity contribution is 5.89. The molecule has 1 aromatic rings. The van der Waals surface area contributed by atoms with Crippen LogP contribution in [0.25, 0.3) is 0 Å². The lowest BCUT2D eigenvalue weighted by Gasteiger charge is -2.22. The van der Waals surface area contributed by atoms with Gasteiger partial charge in [-0.25, -0.2) is 0 Å². The van der Waals surface area contributed by atoms with Gasteiger partial charge in [0.15, 0.2) is 0 Å². The van der Waals surface area contributed by atoms with E-state index in [0.29, 0.717) is 25.6 Å². The number of hydrogen-bond donors (Lipinski definition) is 1. The van der Waals surface area contributed by atoms with Crippen molar-refractivity contribution in [2.75, 3.05) is 13.6 Å². The Kier molecular flexibility index (Phi) is 3.57. The normalized spacial score (nSPS) is 21.7. The number of rotatable bonds is 4. The second kappa shape index (κ2) is 5.39. The van der Waals surface area contributed by atoms with Crippen LogP contribution >= 0.6 is 0 Å². The molecule has 1 saturated carbocycles. The molecule has 112 valence electrons. The van der Waals surface area contributed by atoms with Gasteiger partial charge in [-0.15, -0.1) is 0 Å². The van der Waals surface area contributed by atoms with Crippen LogP contribution in [0.3, 0.4) is 0 Å². The second-order valence-corrected chi connectivity index (χ2v) is 6.00. The van der Waals surface area contributed by atoms with Crippen molar-refractivity contribution in [1.82, 2.24) is 9.80 Å². The maximum Gasteiger partial charge on any atom is 0.228 e. The molecule has 2 amide bonds. The highest BCUT2D eigenvalue weighted by atomic mass is 16.3. The number of carbonyl (C=O) groups is 2. The van der Waals surface area contributed by atoms with Crippen molar-refractivity contribution in [2.45, 2.75) is 31.8 Å². The minimum atomic E-state index is -0.242. The molecule has 1 aliphatic heterocycles. The SMILES string of the molecule is CN(Cc1ccccc1O)C(=O)C1CC(=O)N(C2CC2)C1. The summed E-state index contributed by atoms with van der Waals surface area (Å²) in [4.78, 5) is 27.8. The van der Waals surface area contributed by atoms with Crippen LogP contribution in [0.1, 0.15) is 24.8 Å². The van der Waals surface area contributed by atoms with Gasteiger partial charge in [-0.3, -0.25) is 9.59 Å². The summed E-state index contributed by atoms with van der Waals surface area (Å²) in [5, 5.41) is 9.77. The van der Waals surface area contributed by atoms with Crippen LogP contribution in [0.5, 0.6) is 5.75 Å². The van der Waals surface area contributed by atoms with Crippen molar-refractivity contribution in [1.29, 1.82) is 0 Å². The van der Waals surface area contributed by atoms with Gasteiger partial charge in [-0.05, 0) is 18.9 Å². The fourth-order valence-electron chi connectivity index (χ4n) is 2.93. The summed E-state index contributed by atoms with van der Waals surface area (Å²) in [6, 6.07) is 7.38. The highest BCUT2D eigenvalue weighted by Crippen LogP contribution is 2.33. The maximum absolute atomic E-state index is 12.5. The molecule has 1 atom stereocenters. The van der Waals surface area contributed by atoms with Gasteiger partial charge in [0.05, 0.1) is 5.92 Å². The summed E-state index contributed by atoms with van der Waals surface area (Å²) >= 11 is 0. The lowest BCUT2D eigenvalue weighted by molar-refractivity contribution is -0.135. The second-order valence-electron chi connectivity index (χ2n) is 6.00. The van der Waals surface area contributed by atoms with Crippen molar-refractivity contribution < 1.29 is 14.7 Å². The van der Waals surface area contributed by atoms with E-state index in [-0.39, 0.29) is 23.5 Å². The summed E-state index contributed by atoms with van der Waals surface area (Å²) in [6.07, 6.45) is 2.46. The fourth-order valence-corrected chi connectivity index (χ4v) is 2.93. The molecular weight excluding hydrogens is 268 g/mol. The number of amides is 2. The maximum atomic E-state index is 12.5. The van der Waals surface area contributed by atoms with Crippen LogP contribution in [0.15, 0.2) is 24.3 Å². The van der Waals surface area contributed by atoms with Crippen molar-refractivity contribution in [3.8, 4) is 5.75 Å². The number of nitrogens with zero attached hydrogens (tertiary/aromatic N) is 2. The van der Waals surface area contributed by atoms with Gasteiger partial charge in [0.25, 0.3) is 0 Å². The molecule has 0 radical (unpaired) electrons. The van der Waals surface area contributed by atoms with Gasteiger partial charge in [-0.1, -0.05) is 18.2 Å². The molecule has 3 rings (SSSR count). The standard InChI is InChI=1S/C16H20N2O3/c1-17(9-11-4-2-3-5-14(11)19)16(21)12-8-15(20)18(10-12)13-6-7-13/h2-5,12-13,19H,6-10H2,1H3. The van der Waals surface area contributed by atoms with E-state index in [1.807, 2.05) is 11.0 Å². The minimum Gasteiger partial charge on any atom is -0.508 e. The Hall–Kier alpha value is -2.04. The molecule has 1 saturated heterocycles. The molecule has 5 heteroatoms. The molecule has 0 spiro atoms. The van der Waals surface area contributed by atoms with Crippen molar-refractivity contribution in [3.63, 3.8) is 0 Å². The van der Waals surface area contributed by atoms with Gasteiger partial charge < -0.3 is 14.9 Å². The number of carbonyl (C=O) groups excluding carboxylic acids is 2. The van der Waals surface area contributed by atoms with E-state index in [2.05, 4.69) is 0 Å². The zero-order valence-electron chi connectivity index (χ0n) is 12.2. The molecule has 2 aliphatic rings. The smallest absolute Gasteiger partial charge is 0.228 e. The zero-order chi connectivity index (χ0) is 15.0. The number of hydrogen-bond acceptors (Lipinski definition) is 3. The van der Waals surface area contributed by atoms with Crippen LogP contribution in [0, 0.1) is 5.92 Å². The highest BCUT2D eigenvalue weighted by Gasteiger charge is 2.42. The van der Waals surface area contributed by atoms with Crippen LogP contribution < -0.4 is 0 Å². The molecule has 1 heterocycles. The molecular formula is C16H20N2O3. The molecule has 2 fully saturated rings. The molecule has 1 N–H and O–H groups in total. The first kappa shape index (κ1) is 13.9. The zero-order valence-corrected chi connectivity index (χ0v) is 12.2. The molecule has 0 aromatic heterocycles. The lowest BCUT2D eigenvalue weighted by atomic mass is 10.1. The van der Waals surface area contributed by atoms with Crippen LogP contribution in [-0.2, 0) is 16.1 Å².